The summed E-state index contributed by atoms with van der Waals surface area (Å²) in [5.74, 6) is 0.729. The van der Waals surface area contributed by atoms with Gasteiger partial charge in [-0.2, -0.15) is 5.26 Å². The molecule has 8 heteroatoms. The predicted molar refractivity (Wildman–Crippen MR) is 127 cm³/mol. The molecule has 3 rings (SSSR count). The van der Waals surface area contributed by atoms with Crippen LogP contribution in [0.2, 0.25) is 0 Å². The Balaban J connectivity index is 2.25. The van der Waals surface area contributed by atoms with Gasteiger partial charge in [0.2, 0.25) is 0 Å². The fraction of sp³-hybridized carbons (Fsp3) is 0.545. The molecule has 2 saturated heterocycles. The van der Waals surface area contributed by atoms with Crippen LogP contribution in [0.15, 0.2) is 9.70 Å². The number of thiocarbonyl (C=S) groups is 1. The number of carbonyl (C=O) groups excluding carboxylic acids is 1. The lowest BCUT2D eigenvalue weighted by molar-refractivity contribution is -0.121. The van der Waals surface area contributed by atoms with Crippen molar-refractivity contribution in [2.75, 3.05) is 24.5 Å². The van der Waals surface area contributed by atoms with E-state index in [1.54, 1.807) is 9.47 Å². The molecule has 0 unspecified atom stereocenters. The van der Waals surface area contributed by atoms with Crippen molar-refractivity contribution in [1.82, 2.24) is 9.47 Å². The van der Waals surface area contributed by atoms with Gasteiger partial charge in [0.15, 0.2) is 0 Å². The van der Waals surface area contributed by atoms with Crippen LogP contribution in [0.25, 0.3) is 6.08 Å². The first kappa shape index (κ1) is 22.6. The second kappa shape index (κ2) is 9.80. The summed E-state index contributed by atoms with van der Waals surface area (Å²) in [6, 6.07) is 2.11. The first-order chi connectivity index (χ1) is 14.4. The number of unbranched alkanes of at least 4 members (excludes halogenated alkanes) is 1. The van der Waals surface area contributed by atoms with Gasteiger partial charge in [-0.05, 0) is 51.2 Å². The highest BCUT2D eigenvalue weighted by Gasteiger charge is 2.32. The summed E-state index contributed by atoms with van der Waals surface area (Å²) in [4.78, 5) is 30.4. The number of rotatable bonds is 6. The summed E-state index contributed by atoms with van der Waals surface area (Å²) >= 11 is 6.65. The molecule has 3 heterocycles. The number of thioether (sulfide) groups is 1. The van der Waals surface area contributed by atoms with E-state index in [1.807, 2.05) is 19.9 Å². The first-order valence-corrected chi connectivity index (χ1v) is 11.8. The zero-order chi connectivity index (χ0) is 21.8. The van der Waals surface area contributed by atoms with E-state index in [4.69, 9.17) is 12.2 Å². The normalized spacial score (nSPS) is 18.4. The van der Waals surface area contributed by atoms with Crippen LogP contribution >= 0.6 is 24.0 Å². The Hall–Kier alpha value is -2.11. The lowest BCUT2D eigenvalue weighted by Crippen LogP contribution is -2.37. The SMILES string of the molecule is CCCCn1c(N2CCCCC2)c(C=C2SC(=S)N(CC)C2=O)c(C)c(C#N)c1=O. The predicted octanol–water partition coefficient (Wildman–Crippen LogP) is 4.04. The van der Waals surface area contributed by atoms with E-state index in [2.05, 4.69) is 17.9 Å². The summed E-state index contributed by atoms with van der Waals surface area (Å²) in [6.45, 7) is 8.62. The van der Waals surface area contributed by atoms with Crippen molar-refractivity contribution in [3.05, 3.63) is 31.9 Å². The smallest absolute Gasteiger partial charge is 0.270 e. The Morgan fingerprint density at radius 1 is 1.20 bits per heavy atom. The summed E-state index contributed by atoms with van der Waals surface area (Å²) in [7, 11) is 0. The Morgan fingerprint density at radius 3 is 2.47 bits per heavy atom. The van der Waals surface area contributed by atoms with E-state index >= 15 is 0 Å². The highest BCUT2D eigenvalue weighted by molar-refractivity contribution is 8.26. The topological polar surface area (TPSA) is 69.3 Å². The number of likely N-dealkylation sites (N-methyl/N-ethyl adjacent to an activating group) is 1. The van der Waals surface area contributed by atoms with Crippen LogP contribution in [-0.2, 0) is 11.3 Å². The van der Waals surface area contributed by atoms with Gasteiger partial charge in [0, 0.05) is 31.7 Å². The van der Waals surface area contributed by atoms with Crippen LogP contribution in [0, 0.1) is 18.3 Å². The summed E-state index contributed by atoms with van der Waals surface area (Å²) in [6.07, 6.45) is 6.96. The average molecular weight is 445 g/mol. The zero-order valence-electron chi connectivity index (χ0n) is 17.9. The Bertz CT molecular complexity index is 984. The number of amides is 1. The third-order valence-electron chi connectivity index (χ3n) is 5.70. The minimum Gasteiger partial charge on any atom is -0.357 e. The quantitative estimate of drug-likeness (QED) is 0.487. The first-order valence-electron chi connectivity index (χ1n) is 10.6. The zero-order valence-corrected chi connectivity index (χ0v) is 19.5. The van der Waals surface area contributed by atoms with Crippen LogP contribution < -0.4 is 10.5 Å². The number of aromatic nitrogens is 1. The monoisotopic (exact) mass is 444 g/mol. The summed E-state index contributed by atoms with van der Waals surface area (Å²) in [5.41, 5.74) is 1.35. The molecule has 0 aromatic carbocycles. The average Bonchev–Trinajstić information content (AvgIpc) is 3.02. The molecule has 0 bridgehead atoms. The molecule has 2 aliphatic rings. The van der Waals surface area contributed by atoms with Crippen LogP contribution in [0.5, 0.6) is 0 Å². The van der Waals surface area contributed by atoms with E-state index in [0.29, 0.717) is 27.9 Å². The third kappa shape index (κ3) is 4.19. The molecule has 30 heavy (non-hydrogen) atoms. The van der Waals surface area contributed by atoms with Crippen molar-refractivity contribution in [2.45, 2.75) is 59.4 Å². The molecule has 2 fully saturated rings. The van der Waals surface area contributed by atoms with E-state index in [0.717, 1.165) is 50.2 Å². The molecule has 6 nitrogen and oxygen atoms in total. The van der Waals surface area contributed by atoms with Crippen molar-refractivity contribution >= 4 is 46.1 Å². The lowest BCUT2D eigenvalue weighted by atomic mass is 10.0. The van der Waals surface area contributed by atoms with Crippen molar-refractivity contribution < 1.29 is 4.79 Å². The summed E-state index contributed by atoms with van der Waals surface area (Å²) < 4.78 is 2.30. The van der Waals surface area contributed by atoms with E-state index in [-0.39, 0.29) is 17.0 Å². The third-order valence-corrected chi connectivity index (χ3v) is 7.08. The number of pyridine rings is 1. The highest BCUT2D eigenvalue weighted by Crippen LogP contribution is 2.36. The molecule has 0 atom stereocenters. The second-order valence-corrected chi connectivity index (χ2v) is 9.31. The lowest BCUT2D eigenvalue weighted by Gasteiger charge is -2.33. The van der Waals surface area contributed by atoms with Gasteiger partial charge in [0.05, 0.1) is 4.91 Å². The number of nitrogens with zero attached hydrogens (tertiary/aromatic N) is 4. The van der Waals surface area contributed by atoms with Crippen LogP contribution in [0.4, 0.5) is 5.82 Å². The van der Waals surface area contributed by atoms with Crippen molar-refractivity contribution in [3.63, 3.8) is 0 Å². The standard InChI is InChI=1S/C22H28N4O2S2/c1-4-6-12-26-19(24-10-8-7-9-11-24)16(15(3)17(14-23)20(26)27)13-18-21(28)25(5-2)22(29)30-18/h13H,4-12H2,1-3H3. The van der Waals surface area contributed by atoms with Gasteiger partial charge in [0.25, 0.3) is 11.5 Å². The minimum atomic E-state index is -0.234. The van der Waals surface area contributed by atoms with Gasteiger partial charge in [0.1, 0.15) is 21.8 Å². The minimum absolute atomic E-state index is 0.110. The molecular weight excluding hydrogens is 416 g/mol. The fourth-order valence-electron chi connectivity index (χ4n) is 4.02. The maximum Gasteiger partial charge on any atom is 0.270 e. The summed E-state index contributed by atoms with van der Waals surface area (Å²) in [5, 5.41) is 9.71. The largest absolute Gasteiger partial charge is 0.357 e. The molecule has 1 aromatic heterocycles. The van der Waals surface area contributed by atoms with Crippen molar-refractivity contribution in [2.24, 2.45) is 0 Å². The molecule has 0 radical (unpaired) electrons. The number of nitriles is 1. The Labute approximate surface area is 187 Å². The van der Waals surface area contributed by atoms with Gasteiger partial charge >= 0.3 is 0 Å². The van der Waals surface area contributed by atoms with Crippen LogP contribution in [0.1, 0.15) is 62.6 Å². The van der Waals surface area contributed by atoms with Crippen molar-refractivity contribution in [3.8, 4) is 6.07 Å². The number of anilines is 1. The second-order valence-electron chi connectivity index (χ2n) is 7.63. The molecule has 2 aliphatic heterocycles. The number of piperidine rings is 1. The van der Waals surface area contributed by atoms with E-state index in [9.17, 15) is 14.9 Å². The maximum atomic E-state index is 13.2. The Kier molecular flexibility index (Phi) is 7.37. The molecule has 0 saturated carbocycles. The number of hydrogen-bond donors (Lipinski definition) is 0. The number of carbonyl (C=O) groups is 1. The van der Waals surface area contributed by atoms with Gasteiger partial charge < -0.3 is 4.90 Å². The van der Waals surface area contributed by atoms with Crippen LogP contribution in [0.3, 0.4) is 0 Å². The van der Waals surface area contributed by atoms with Crippen LogP contribution in [-0.4, -0.2) is 39.3 Å². The van der Waals surface area contributed by atoms with Crippen molar-refractivity contribution in [1.29, 1.82) is 5.26 Å². The van der Waals surface area contributed by atoms with E-state index in [1.165, 1.54) is 18.2 Å². The molecule has 0 spiro atoms. The fourth-order valence-corrected chi connectivity index (χ4v) is 5.38. The molecule has 1 amide bonds. The van der Waals surface area contributed by atoms with Gasteiger partial charge in [-0.25, -0.2) is 0 Å². The molecular formula is C22H28N4O2S2. The number of hydrogen-bond acceptors (Lipinski definition) is 6. The van der Waals surface area contributed by atoms with Gasteiger partial charge in [-0.15, -0.1) is 0 Å². The van der Waals surface area contributed by atoms with Gasteiger partial charge in [-0.1, -0.05) is 37.3 Å². The maximum absolute atomic E-state index is 13.2. The Morgan fingerprint density at radius 2 is 1.90 bits per heavy atom. The molecule has 0 aliphatic carbocycles. The molecule has 1 aromatic rings. The molecule has 160 valence electrons. The molecule has 0 N–H and O–H groups in total. The van der Waals surface area contributed by atoms with Gasteiger partial charge in [-0.3, -0.25) is 19.1 Å². The van der Waals surface area contributed by atoms with E-state index < -0.39 is 0 Å². The highest BCUT2D eigenvalue weighted by atomic mass is 32.2.